The molecule has 0 bridgehead atoms. The summed E-state index contributed by atoms with van der Waals surface area (Å²) in [5.41, 5.74) is 9.55. The number of aryl methyl sites for hydroxylation is 1. The van der Waals surface area contributed by atoms with Crippen LogP contribution in [0.5, 0.6) is 5.75 Å². The van der Waals surface area contributed by atoms with E-state index in [1.54, 1.807) is 0 Å². The quantitative estimate of drug-likeness (QED) is 0.540. The minimum absolute atomic E-state index is 0.00422. The second-order valence-electron chi connectivity index (χ2n) is 8.64. The van der Waals surface area contributed by atoms with E-state index in [0.717, 1.165) is 71.5 Å². The maximum absolute atomic E-state index is 13.2. The van der Waals surface area contributed by atoms with E-state index in [-0.39, 0.29) is 11.9 Å². The van der Waals surface area contributed by atoms with E-state index in [4.69, 9.17) is 15.6 Å². The van der Waals surface area contributed by atoms with Crippen LogP contribution in [0.25, 0.3) is 27.8 Å². The minimum atomic E-state index is -0.00422. The molecule has 8 heteroatoms. The normalized spacial score (nSPS) is 18.3. The molecule has 32 heavy (non-hydrogen) atoms. The van der Waals surface area contributed by atoms with Gasteiger partial charge in [0, 0.05) is 49.2 Å². The molecule has 2 aliphatic rings. The van der Waals surface area contributed by atoms with E-state index in [2.05, 4.69) is 28.6 Å². The van der Waals surface area contributed by atoms with Crippen molar-refractivity contribution in [3.8, 4) is 11.6 Å². The number of carbonyl (C=O) groups is 1. The van der Waals surface area contributed by atoms with Crippen LogP contribution in [-0.4, -0.2) is 55.9 Å². The summed E-state index contributed by atoms with van der Waals surface area (Å²) in [7, 11) is 0. The number of fused-ring (bicyclic) bond motifs is 1. The zero-order valence-corrected chi connectivity index (χ0v) is 18.1. The Kier molecular flexibility index (Phi) is 4.43. The third-order valence-electron chi connectivity index (χ3n) is 6.59. The molecule has 4 aromatic rings. The Morgan fingerprint density at radius 1 is 1.31 bits per heavy atom. The highest BCUT2D eigenvalue weighted by atomic mass is 16.5. The van der Waals surface area contributed by atoms with E-state index in [0.29, 0.717) is 18.7 Å². The van der Waals surface area contributed by atoms with E-state index in [9.17, 15) is 4.79 Å². The van der Waals surface area contributed by atoms with Crippen LogP contribution in [0, 0.1) is 0 Å². The second kappa shape index (κ2) is 7.34. The minimum Gasteiger partial charge on any atom is -0.492 e. The number of piperidine rings is 1. The Morgan fingerprint density at radius 3 is 3.06 bits per heavy atom. The molecule has 3 aromatic heterocycles. The van der Waals surface area contributed by atoms with E-state index in [1.807, 2.05) is 34.0 Å². The second-order valence-corrected chi connectivity index (χ2v) is 8.64. The molecule has 0 saturated carbocycles. The van der Waals surface area contributed by atoms with Gasteiger partial charge in [-0.1, -0.05) is 0 Å². The number of aromatic nitrogens is 4. The van der Waals surface area contributed by atoms with Crippen molar-refractivity contribution in [3.05, 3.63) is 47.8 Å². The Morgan fingerprint density at radius 2 is 2.22 bits per heavy atom. The molecule has 2 N–H and O–H groups in total. The van der Waals surface area contributed by atoms with Gasteiger partial charge in [-0.25, -0.2) is 9.67 Å². The van der Waals surface area contributed by atoms with E-state index >= 15 is 0 Å². The monoisotopic (exact) mass is 430 g/mol. The van der Waals surface area contributed by atoms with Gasteiger partial charge < -0.3 is 19.9 Å². The highest BCUT2D eigenvalue weighted by molar-refractivity contribution is 6.01. The number of likely N-dealkylation sites (tertiary alicyclic amines) is 1. The molecule has 1 aromatic carbocycles. The third-order valence-corrected chi connectivity index (χ3v) is 6.59. The maximum Gasteiger partial charge on any atom is 0.254 e. The fraction of sp³-hybridized carbons (Fsp3) is 0.375. The standard InChI is InChI=1S/C24H26N6O2/c1-2-29-21(13-15-5-3-8-26-23(15)29)30-19-7-10-32-20-12-16(11-18(27-30)22(19)20)24(31)28-9-4-6-17(25)14-28/h3,5,8,11-13,17H,2,4,6-7,9-10,14,25H2,1H3/t17-/m1/s1. The van der Waals surface area contributed by atoms with Gasteiger partial charge in [-0.15, -0.1) is 0 Å². The average Bonchev–Trinajstić information content (AvgIpc) is 3.37. The van der Waals surface area contributed by atoms with Crippen molar-refractivity contribution in [3.63, 3.8) is 0 Å². The maximum atomic E-state index is 13.2. The lowest BCUT2D eigenvalue weighted by Crippen LogP contribution is -2.45. The first kappa shape index (κ1) is 19.3. The van der Waals surface area contributed by atoms with Crippen LogP contribution < -0.4 is 10.5 Å². The molecule has 0 aliphatic carbocycles. The molecule has 0 radical (unpaired) electrons. The SMILES string of the molecule is CCn1c(-n2nc3cc(C(=O)N4CCC[C@@H](N)C4)cc4c3c2CCO4)cc2cccnc21. The molecule has 1 fully saturated rings. The highest BCUT2D eigenvalue weighted by Gasteiger charge is 2.27. The van der Waals surface area contributed by atoms with Crippen molar-refractivity contribution < 1.29 is 9.53 Å². The van der Waals surface area contributed by atoms with Crippen molar-refractivity contribution in [2.24, 2.45) is 5.73 Å². The zero-order valence-electron chi connectivity index (χ0n) is 18.1. The highest BCUT2D eigenvalue weighted by Crippen LogP contribution is 2.36. The van der Waals surface area contributed by atoms with Crippen molar-refractivity contribution in [1.29, 1.82) is 0 Å². The first-order valence-corrected chi connectivity index (χ1v) is 11.3. The molecule has 5 heterocycles. The summed E-state index contributed by atoms with van der Waals surface area (Å²) >= 11 is 0. The van der Waals surface area contributed by atoms with Gasteiger partial charge in [-0.2, -0.15) is 5.10 Å². The Labute approximate surface area is 185 Å². The van der Waals surface area contributed by atoms with Crippen molar-refractivity contribution in [1.82, 2.24) is 24.2 Å². The number of hydrogen-bond donors (Lipinski definition) is 1. The van der Waals surface area contributed by atoms with E-state index < -0.39 is 0 Å². The zero-order chi connectivity index (χ0) is 21.8. The molecule has 1 amide bonds. The molecule has 1 atom stereocenters. The van der Waals surface area contributed by atoms with Crippen LogP contribution in [0.15, 0.2) is 36.5 Å². The van der Waals surface area contributed by atoms with Gasteiger partial charge in [-0.3, -0.25) is 4.79 Å². The van der Waals surface area contributed by atoms with Crippen molar-refractivity contribution >= 4 is 27.8 Å². The first-order valence-electron chi connectivity index (χ1n) is 11.3. The predicted molar refractivity (Wildman–Crippen MR) is 122 cm³/mol. The summed E-state index contributed by atoms with van der Waals surface area (Å²) in [5, 5.41) is 7.03. The molecule has 2 aliphatic heterocycles. The van der Waals surface area contributed by atoms with Crippen molar-refractivity contribution in [2.75, 3.05) is 19.7 Å². The van der Waals surface area contributed by atoms with Crippen LogP contribution in [0.2, 0.25) is 0 Å². The van der Waals surface area contributed by atoms with Gasteiger partial charge in [0.25, 0.3) is 5.91 Å². The number of nitrogens with two attached hydrogens (primary N) is 1. The van der Waals surface area contributed by atoms with Crippen LogP contribution in [0.4, 0.5) is 0 Å². The summed E-state index contributed by atoms with van der Waals surface area (Å²) in [6.07, 6.45) is 4.48. The van der Waals surface area contributed by atoms with Gasteiger partial charge in [0.15, 0.2) is 0 Å². The molecule has 1 saturated heterocycles. The topological polar surface area (TPSA) is 91.2 Å². The largest absolute Gasteiger partial charge is 0.492 e. The molecular formula is C24H26N6O2. The van der Waals surface area contributed by atoms with Gasteiger partial charge >= 0.3 is 0 Å². The fourth-order valence-corrected chi connectivity index (χ4v) is 5.10. The Bertz CT molecular complexity index is 1350. The smallest absolute Gasteiger partial charge is 0.254 e. The molecule has 6 rings (SSSR count). The van der Waals surface area contributed by atoms with Crippen molar-refractivity contribution in [2.45, 2.75) is 38.8 Å². The lowest BCUT2D eigenvalue weighted by molar-refractivity contribution is 0.0708. The Hall–Kier alpha value is -3.39. The number of carbonyl (C=O) groups excluding carboxylic acids is 1. The number of rotatable bonds is 3. The number of hydrogen-bond acceptors (Lipinski definition) is 5. The van der Waals surface area contributed by atoms with E-state index in [1.165, 1.54) is 0 Å². The summed E-state index contributed by atoms with van der Waals surface area (Å²) in [6.45, 7) is 4.79. The molecule has 8 nitrogen and oxygen atoms in total. The summed E-state index contributed by atoms with van der Waals surface area (Å²) in [6, 6.07) is 9.96. The van der Waals surface area contributed by atoms with Gasteiger partial charge in [0.2, 0.25) is 0 Å². The average molecular weight is 431 g/mol. The van der Waals surface area contributed by atoms with Crippen LogP contribution in [0.3, 0.4) is 0 Å². The first-order chi connectivity index (χ1) is 15.6. The summed E-state index contributed by atoms with van der Waals surface area (Å²) in [5.74, 6) is 1.71. The van der Waals surface area contributed by atoms with Crippen LogP contribution in [0.1, 0.15) is 35.8 Å². The van der Waals surface area contributed by atoms with Gasteiger partial charge in [-0.05, 0) is 50.1 Å². The molecular weight excluding hydrogens is 404 g/mol. The number of nitrogens with zero attached hydrogens (tertiary/aromatic N) is 5. The molecule has 164 valence electrons. The van der Waals surface area contributed by atoms with Gasteiger partial charge in [0.1, 0.15) is 17.2 Å². The van der Waals surface area contributed by atoms with Crippen LogP contribution >= 0.6 is 0 Å². The number of amides is 1. The Balaban J connectivity index is 1.50. The van der Waals surface area contributed by atoms with Crippen LogP contribution in [-0.2, 0) is 13.0 Å². The summed E-state index contributed by atoms with van der Waals surface area (Å²) in [4.78, 5) is 19.6. The molecule has 0 spiro atoms. The number of ether oxygens (including phenoxy) is 1. The number of pyridine rings is 1. The fourth-order valence-electron chi connectivity index (χ4n) is 5.10. The lowest BCUT2D eigenvalue weighted by atomic mass is 10.0. The lowest BCUT2D eigenvalue weighted by Gasteiger charge is -2.31. The third kappa shape index (κ3) is 2.90. The number of benzene rings is 1. The molecule has 0 unspecified atom stereocenters. The van der Waals surface area contributed by atoms with Gasteiger partial charge in [0.05, 0.1) is 23.2 Å². The summed E-state index contributed by atoms with van der Waals surface area (Å²) < 4.78 is 10.2. The predicted octanol–water partition coefficient (Wildman–Crippen LogP) is 2.89.